The van der Waals surface area contributed by atoms with Crippen molar-refractivity contribution in [3.05, 3.63) is 29.8 Å². The first-order valence-corrected chi connectivity index (χ1v) is 9.98. The predicted octanol–water partition coefficient (Wildman–Crippen LogP) is 4.00. The quantitative estimate of drug-likeness (QED) is 0.630. The van der Waals surface area contributed by atoms with E-state index in [1.807, 2.05) is 13.0 Å². The van der Waals surface area contributed by atoms with E-state index < -0.39 is 0 Å². The van der Waals surface area contributed by atoms with Gasteiger partial charge in [-0.25, -0.2) is 0 Å². The van der Waals surface area contributed by atoms with Gasteiger partial charge in [0.15, 0.2) is 5.11 Å². The molecule has 1 aromatic carbocycles. The SMILES string of the molecule is CCCNC(=O)c1cccc(NC(=S)NC(=O)CCC2CCCCC2)c1. The minimum atomic E-state index is -0.113. The Labute approximate surface area is 161 Å². The van der Waals surface area contributed by atoms with Crippen molar-refractivity contribution < 1.29 is 9.59 Å². The molecule has 26 heavy (non-hydrogen) atoms. The summed E-state index contributed by atoms with van der Waals surface area (Å²) in [5.74, 6) is 0.511. The van der Waals surface area contributed by atoms with E-state index in [4.69, 9.17) is 12.2 Å². The number of amides is 2. The van der Waals surface area contributed by atoms with Gasteiger partial charge in [0, 0.05) is 24.2 Å². The molecule has 1 aliphatic carbocycles. The van der Waals surface area contributed by atoms with E-state index in [9.17, 15) is 9.59 Å². The molecule has 0 unspecified atom stereocenters. The highest BCUT2D eigenvalue weighted by Crippen LogP contribution is 2.27. The third-order valence-electron chi connectivity index (χ3n) is 4.68. The fourth-order valence-electron chi connectivity index (χ4n) is 3.24. The third-order valence-corrected chi connectivity index (χ3v) is 4.88. The van der Waals surface area contributed by atoms with Crippen LogP contribution in [0.4, 0.5) is 5.69 Å². The maximum absolute atomic E-state index is 12.1. The van der Waals surface area contributed by atoms with Gasteiger partial charge in [0.1, 0.15) is 0 Å². The van der Waals surface area contributed by atoms with Crippen LogP contribution in [0.15, 0.2) is 24.3 Å². The Hall–Kier alpha value is -1.95. The second kappa shape index (κ2) is 10.9. The number of hydrogen-bond donors (Lipinski definition) is 3. The molecule has 2 amide bonds. The van der Waals surface area contributed by atoms with Crippen LogP contribution in [0.5, 0.6) is 0 Å². The molecule has 0 atom stereocenters. The highest BCUT2D eigenvalue weighted by molar-refractivity contribution is 7.80. The Bertz CT molecular complexity index is 627. The molecule has 0 aliphatic heterocycles. The lowest BCUT2D eigenvalue weighted by atomic mass is 9.86. The molecule has 0 spiro atoms. The smallest absolute Gasteiger partial charge is 0.251 e. The van der Waals surface area contributed by atoms with Gasteiger partial charge in [0.25, 0.3) is 5.91 Å². The van der Waals surface area contributed by atoms with E-state index in [1.165, 1.54) is 32.1 Å². The van der Waals surface area contributed by atoms with Crippen LogP contribution in [0, 0.1) is 5.92 Å². The molecule has 0 heterocycles. The zero-order valence-corrected chi connectivity index (χ0v) is 16.3. The summed E-state index contributed by atoms with van der Waals surface area (Å²) in [6.45, 7) is 2.65. The molecule has 142 valence electrons. The monoisotopic (exact) mass is 375 g/mol. The third kappa shape index (κ3) is 7.12. The van der Waals surface area contributed by atoms with Crippen molar-refractivity contribution in [2.24, 2.45) is 5.92 Å². The van der Waals surface area contributed by atoms with Crippen molar-refractivity contribution in [3.63, 3.8) is 0 Å². The molecule has 3 N–H and O–H groups in total. The number of hydrogen-bond acceptors (Lipinski definition) is 3. The van der Waals surface area contributed by atoms with Crippen LogP contribution in [-0.2, 0) is 4.79 Å². The highest BCUT2D eigenvalue weighted by atomic mass is 32.1. The molecule has 0 radical (unpaired) electrons. The molecule has 0 saturated heterocycles. The Morgan fingerprint density at radius 2 is 1.96 bits per heavy atom. The maximum atomic E-state index is 12.1. The number of carbonyl (C=O) groups excluding carboxylic acids is 2. The van der Waals surface area contributed by atoms with E-state index in [1.54, 1.807) is 18.2 Å². The zero-order valence-electron chi connectivity index (χ0n) is 15.5. The minimum Gasteiger partial charge on any atom is -0.352 e. The first-order chi connectivity index (χ1) is 12.6. The van der Waals surface area contributed by atoms with E-state index in [0.29, 0.717) is 30.1 Å². The molecule has 0 bridgehead atoms. The number of rotatable bonds is 7. The van der Waals surface area contributed by atoms with Gasteiger partial charge in [-0.15, -0.1) is 0 Å². The average molecular weight is 376 g/mol. The van der Waals surface area contributed by atoms with Crippen LogP contribution < -0.4 is 16.0 Å². The van der Waals surface area contributed by atoms with Gasteiger partial charge in [-0.3, -0.25) is 9.59 Å². The summed E-state index contributed by atoms with van der Waals surface area (Å²) in [4.78, 5) is 24.1. The van der Waals surface area contributed by atoms with Gasteiger partial charge in [-0.05, 0) is 49.2 Å². The van der Waals surface area contributed by atoms with Crippen molar-refractivity contribution in [2.45, 2.75) is 58.3 Å². The van der Waals surface area contributed by atoms with E-state index >= 15 is 0 Å². The van der Waals surface area contributed by atoms with E-state index in [0.717, 1.165) is 12.8 Å². The highest BCUT2D eigenvalue weighted by Gasteiger charge is 2.15. The fraction of sp³-hybridized carbons (Fsp3) is 0.550. The standard InChI is InChI=1S/C20H29N3O2S/c1-2-13-21-19(25)16-9-6-10-17(14-16)22-20(26)23-18(24)12-11-15-7-4-3-5-8-15/h6,9-10,14-15H,2-5,7-8,11-13H2,1H3,(H,21,25)(H2,22,23,24,26). The molecule has 1 fully saturated rings. The molecule has 5 nitrogen and oxygen atoms in total. The van der Waals surface area contributed by atoms with E-state index in [2.05, 4.69) is 16.0 Å². The molecule has 1 aromatic rings. The van der Waals surface area contributed by atoms with Gasteiger partial charge >= 0.3 is 0 Å². The lowest BCUT2D eigenvalue weighted by Crippen LogP contribution is -2.34. The summed E-state index contributed by atoms with van der Waals surface area (Å²) in [5, 5.41) is 8.82. The lowest BCUT2D eigenvalue weighted by molar-refractivity contribution is -0.120. The van der Waals surface area contributed by atoms with Crippen molar-refractivity contribution in [2.75, 3.05) is 11.9 Å². The molecular weight excluding hydrogens is 346 g/mol. The first kappa shape index (κ1) is 20.4. The first-order valence-electron chi connectivity index (χ1n) is 9.57. The van der Waals surface area contributed by atoms with Crippen LogP contribution >= 0.6 is 12.2 Å². The van der Waals surface area contributed by atoms with Crippen LogP contribution in [0.2, 0.25) is 0 Å². The number of anilines is 1. The van der Waals surface area contributed by atoms with Gasteiger partial charge in [-0.2, -0.15) is 0 Å². The summed E-state index contributed by atoms with van der Waals surface area (Å²) in [7, 11) is 0. The van der Waals surface area contributed by atoms with E-state index in [-0.39, 0.29) is 16.9 Å². The average Bonchev–Trinajstić information content (AvgIpc) is 2.65. The van der Waals surface area contributed by atoms with Gasteiger partial charge in [0.05, 0.1) is 0 Å². The largest absolute Gasteiger partial charge is 0.352 e. The van der Waals surface area contributed by atoms with Crippen molar-refractivity contribution in [1.29, 1.82) is 0 Å². The number of thiocarbonyl (C=S) groups is 1. The lowest BCUT2D eigenvalue weighted by Gasteiger charge is -2.21. The zero-order chi connectivity index (χ0) is 18.8. The van der Waals surface area contributed by atoms with Crippen LogP contribution in [0.3, 0.4) is 0 Å². The second-order valence-electron chi connectivity index (χ2n) is 6.88. The maximum Gasteiger partial charge on any atom is 0.251 e. The van der Waals surface area contributed by atoms with Crippen LogP contribution in [-0.4, -0.2) is 23.5 Å². The van der Waals surface area contributed by atoms with Crippen molar-refractivity contribution in [1.82, 2.24) is 10.6 Å². The van der Waals surface area contributed by atoms with Crippen LogP contribution in [0.25, 0.3) is 0 Å². The van der Waals surface area contributed by atoms with Gasteiger partial charge in [-0.1, -0.05) is 45.1 Å². The Balaban J connectivity index is 1.77. The van der Waals surface area contributed by atoms with Crippen LogP contribution in [0.1, 0.15) is 68.6 Å². The normalized spacial score (nSPS) is 14.5. The summed E-state index contributed by atoms with van der Waals surface area (Å²) < 4.78 is 0. The second-order valence-corrected chi connectivity index (χ2v) is 7.29. The molecule has 6 heteroatoms. The number of benzene rings is 1. The Morgan fingerprint density at radius 3 is 2.69 bits per heavy atom. The molecule has 0 aromatic heterocycles. The predicted molar refractivity (Wildman–Crippen MR) is 109 cm³/mol. The Kier molecular flexibility index (Phi) is 8.54. The summed E-state index contributed by atoms with van der Waals surface area (Å²) in [6.07, 6.45) is 8.70. The van der Waals surface area contributed by atoms with Gasteiger partial charge < -0.3 is 16.0 Å². The molecule has 1 aliphatic rings. The number of carbonyl (C=O) groups is 2. The molecule has 1 saturated carbocycles. The molecular formula is C20H29N3O2S. The topological polar surface area (TPSA) is 70.2 Å². The number of nitrogens with one attached hydrogen (secondary N) is 3. The van der Waals surface area contributed by atoms with Crippen molar-refractivity contribution in [3.8, 4) is 0 Å². The van der Waals surface area contributed by atoms with Gasteiger partial charge in [0.2, 0.25) is 5.91 Å². The van der Waals surface area contributed by atoms with Crippen molar-refractivity contribution >= 4 is 34.8 Å². The minimum absolute atomic E-state index is 0.0510. The summed E-state index contributed by atoms with van der Waals surface area (Å²) in [6, 6.07) is 7.08. The molecule has 2 rings (SSSR count). The summed E-state index contributed by atoms with van der Waals surface area (Å²) >= 11 is 5.22. The Morgan fingerprint density at radius 1 is 1.19 bits per heavy atom. The summed E-state index contributed by atoms with van der Waals surface area (Å²) in [5.41, 5.74) is 1.25. The fourth-order valence-corrected chi connectivity index (χ4v) is 3.47.